The fourth-order valence-corrected chi connectivity index (χ4v) is 2.31. The lowest BCUT2D eigenvalue weighted by molar-refractivity contribution is -0.128. The Hall–Kier alpha value is -1.71. The predicted molar refractivity (Wildman–Crippen MR) is 80.5 cm³/mol. The molecule has 1 aliphatic rings. The van der Waals surface area contributed by atoms with Gasteiger partial charge in [-0.15, -0.1) is 0 Å². The van der Waals surface area contributed by atoms with Crippen LogP contribution < -0.4 is 10.4 Å². The quantitative estimate of drug-likeness (QED) is 0.454. The molecule has 23 heavy (non-hydrogen) atoms. The Morgan fingerprint density at radius 3 is 2.78 bits per heavy atom. The van der Waals surface area contributed by atoms with Crippen LogP contribution in [0.5, 0.6) is 5.75 Å². The summed E-state index contributed by atoms with van der Waals surface area (Å²) in [5.74, 6) is -0.422. The zero-order valence-electron chi connectivity index (χ0n) is 12.9. The number of hydrogen-bond acceptors (Lipinski definition) is 7. The number of carboxylic acid groups (broad SMARTS) is 1. The number of benzene rings is 1. The molecule has 0 aliphatic carbocycles. The number of carboxylic acids is 1. The first kappa shape index (κ1) is 17.6. The number of rotatable bonds is 9. The molecule has 0 amide bonds. The minimum Gasteiger partial charge on any atom is -0.493 e. The highest BCUT2D eigenvalue weighted by Crippen LogP contribution is 2.23. The zero-order chi connectivity index (χ0) is 16.5. The van der Waals surface area contributed by atoms with Crippen molar-refractivity contribution in [2.45, 2.75) is 13.0 Å². The Kier molecular flexibility index (Phi) is 7.24. The van der Waals surface area contributed by atoms with E-state index in [1.54, 1.807) is 23.8 Å². The smallest absolute Gasteiger partial charge is 0.335 e. The Bertz CT molecular complexity index is 505. The molecule has 128 valence electrons. The number of ether oxygens (including phenoxy) is 2. The van der Waals surface area contributed by atoms with Gasteiger partial charge in [-0.3, -0.25) is 14.9 Å². The largest absolute Gasteiger partial charge is 0.493 e. The lowest BCUT2D eigenvalue weighted by Gasteiger charge is -2.27. The van der Waals surface area contributed by atoms with E-state index in [-0.39, 0.29) is 12.2 Å². The minimum absolute atomic E-state index is 0.194. The topological polar surface area (TPSA) is 100 Å². The van der Waals surface area contributed by atoms with Crippen LogP contribution in [0.1, 0.15) is 22.3 Å². The van der Waals surface area contributed by atoms with Crippen LogP contribution in [0, 0.1) is 0 Å². The van der Waals surface area contributed by atoms with Gasteiger partial charge in [0, 0.05) is 31.6 Å². The fraction of sp³-hybridized carbons (Fsp3) is 0.533. The lowest BCUT2D eigenvalue weighted by Crippen LogP contribution is -2.35. The Labute approximate surface area is 134 Å². The molecule has 3 N–H and O–H groups in total. The summed E-state index contributed by atoms with van der Waals surface area (Å²) in [4.78, 5) is 18.0. The van der Waals surface area contributed by atoms with Gasteiger partial charge in [0.25, 0.3) is 0 Å². The van der Waals surface area contributed by atoms with Gasteiger partial charge in [0.05, 0.1) is 32.0 Å². The van der Waals surface area contributed by atoms with Crippen LogP contribution >= 0.6 is 0 Å². The van der Waals surface area contributed by atoms with Crippen molar-refractivity contribution in [1.82, 2.24) is 10.5 Å². The van der Waals surface area contributed by atoms with Crippen molar-refractivity contribution >= 4 is 5.97 Å². The summed E-state index contributed by atoms with van der Waals surface area (Å²) in [6.45, 7) is 4.43. The molecule has 0 unspecified atom stereocenters. The highest BCUT2D eigenvalue weighted by Gasteiger charge is 2.15. The van der Waals surface area contributed by atoms with E-state index in [2.05, 4.69) is 9.74 Å². The molecule has 1 aliphatic heterocycles. The Morgan fingerprint density at radius 2 is 2.09 bits per heavy atom. The second kappa shape index (κ2) is 9.43. The first-order valence-electron chi connectivity index (χ1n) is 7.50. The third-order valence-electron chi connectivity index (χ3n) is 3.52. The van der Waals surface area contributed by atoms with Crippen molar-refractivity contribution in [2.24, 2.45) is 0 Å². The first-order chi connectivity index (χ1) is 11.2. The second-order valence-electron chi connectivity index (χ2n) is 5.16. The zero-order valence-corrected chi connectivity index (χ0v) is 12.9. The van der Waals surface area contributed by atoms with Crippen molar-refractivity contribution in [3.63, 3.8) is 0 Å². The number of hydrogen-bond donors (Lipinski definition) is 3. The summed E-state index contributed by atoms with van der Waals surface area (Å²) >= 11 is 0. The number of nitrogens with zero attached hydrogens (tertiary/aromatic N) is 1. The second-order valence-corrected chi connectivity index (χ2v) is 5.16. The average molecular weight is 326 g/mol. The van der Waals surface area contributed by atoms with E-state index >= 15 is 0 Å². The maximum absolute atomic E-state index is 11.1. The van der Waals surface area contributed by atoms with Crippen LogP contribution in [0.4, 0.5) is 0 Å². The summed E-state index contributed by atoms with van der Waals surface area (Å²) in [6.07, 6.45) is 0.557. The Balaban J connectivity index is 2.01. The standard InChI is InChI=1S/C15H22N2O6/c18-15(19)12-2-3-13(11-17-4-8-21-9-5-17)14(10-12)22-6-1-7-23-16-20/h2-3,10,16,20H,1,4-9,11H2,(H,18,19). The maximum atomic E-state index is 11.1. The highest BCUT2D eigenvalue weighted by atomic mass is 16.8. The predicted octanol–water partition coefficient (Wildman–Crippen LogP) is 0.896. The van der Waals surface area contributed by atoms with Crippen molar-refractivity contribution in [2.75, 3.05) is 39.5 Å². The summed E-state index contributed by atoms with van der Waals surface area (Å²) < 4.78 is 11.0. The molecule has 8 nitrogen and oxygen atoms in total. The molecule has 0 aromatic heterocycles. The van der Waals surface area contributed by atoms with Gasteiger partial charge in [0.15, 0.2) is 0 Å². The van der Waals surface area contributed by atoms with Crippen LogP contribution in [-0.4, -0.2) is 60.7 Å². The van der Waals surface area contributed by atoms with E-state index in [0.717, 1.165) is 18.7 Å². The Morgan fingerprint density at radius 1 is 1.30 bits per heavy atom. The van der Waals surface area contributed by atoms with Gasteiger partial charge >= 0.3 is 5.97 Å². The summed E-state index contributed by atoms with van der Waals surface area (Å²) in [5, 5.41) is 17.4. The summed E-state index contributed by atoms with van der Waals surface area (Å²) in [5.41, 5.74) is 2.74. The number of nitrogens with one attached hydrogen (secondary N) is 1. The van der Waals surface area contributed by atoms with E-state index in [4.69, 9.17) is 19.8 Å². The third-order valence-corrected chi connectivity index (χ3v) is 3.52. The molecule has 1 saturated heterocycles. The van der Waals surface area contributed by atoms with E-state index < -0.39 is 5.97 Å². The fourth-order valence-electron chi connectivity index (χ4n) is 2.31. The van der Waals surface area contributed by atoms with Crippen molar-refractivity contribution in [3.05, 3.63) is 29.3 Å². The maximum Gasteiger partial charge on any atom is 0.335 e. The molecular formula is C15H22N2O6. The molecule has 1 heterocycles. The van der Waals surface area contributed by atoms with Gasteiger partial charge in [-0.25, -0.2) is 4.79 Å². The average Bonchev–Trinajstić information content (AvgIpc) is 2.56. The molecule has 1 fully saturated rings. The van der Waals surface area contributed by atoms with Gasteiger partial charge in [-0.05, 0) is 12.1 Å². The van der Waals surface area contributed by atoms with E-state index in [0.29, 0.717) is 38.5 Å². The molecular weight excluding hydrogens is 304 g/mol. The van der Waals surface area contributed by atoms with Crippen LogP contribution in [0.25, 0.3) is 0 Å². The van der Waals surface area contributed by atoms with Gasteiger partial charge in [0.1, 0.15) is 5.75 Å². The van der Waals surface area contributed by atoms with E-state index in [1.807, 2.05) is 0 Å². The van der Waals surface area contributed by atoms with Crippen molar-refractivity contribution < 1.29 is 29.4 Å². The van der Waals surface area contributed by atoms with Gasteiger partial charge < -0.3 is 14.6 Å². The number of aromatic carboxylic acids is 1. The lowest BCUT2D eigenvalue weighted by atomic mass is 10.1. The van der Waals surface area contributed by atoms with Crippen LogP contribution in [-0.2, 0) is 16.1 Å². The van der Waals surface area contributed by atoms with Crippen LogP contribution in [0.3, 0.4) is 0 Å². The van der Waals surface area contributed by atoms with Crippen molar-refractivity contribution in [3.8, 4) is 5.75 Å². The van der Waals surface area contributed by atoms with E-state index in [9.17, 15) is 4.79 Å². The first-order valence-corrected chi connectivity index (χ1v) is 7.50. The molecule has 8 heteroatoms. The van der Waals surface area contributed by atoms with Crippen molar-refractivity contribution in [1.29, 1.82) is 0 Å². The minimum atomic E-state index is -0.986. The molecule has 0 radical (unpaired) electrons. The number of morpholine rings is 1. The van der Waals surface area contributed by atoms with Gasteiger partial charge in [-0.1, -0.05) is 11.7 Å². The number of carbonyl (C=O) groups is 1. The van der Waals surface area contributed by atoms with Gasteiger partial charge in [-0.2, -0.15) is 0 Å². The molecule has 0 bridgehead atoms. The van der Waals surface area contributed by atoms with Crippen LogP contribution in [0.15, 0.2) is 18.2 Å². The summed E-state index contributed by atoms with van der Waals surface area (Å²) in [6, 6.07) is 4.92. The molecule has 1 aromatic carbocycles. The molecule has 0 saturated carbocycles. The van der Waals surface area contributed by atoms with E-state index in [1.165, 1.54) is 0 Å². The molecule has 0 atom stereocenters. The third kappa shape index (κ3) is 5.77. The molecule has 1 aromatic rings. The summed E-state index contributed by atoms with van der Waals surface area (Å²) in [7, 11) is 0. The molecule has 0 spiro atoms. The SMILES string of the molecule is O=C(O)c1ccc(CN2CCOCC2)c(OCCCONO)c1. The van der Waals surface area contributed by atoms with Crippen LogP contribution in [0.2, 0.25) is 0 Å². The van der Waals surface area contributed by atoms with Gasteiger partial charge in [0.2, 0.25) is 0 Å². The highest BCUT2D eigenvalue weighted by molar-refractivity contribution is 5.88. The molecule has 2 rings (SSSR count). The monoisotopic (exact) mass is 326 g/mol. The normalized spacial score (nSPS) is 15.5.